The molecule has 0 saturated carbocycles. The minimum absolute atomic E-state index is 0.0723. The normalized spacial score (nSPS) is 12.1. The van der Waals surface area contributed by atoms with Gasteiger partial charge in [0.25, 0.3) is 0 Å². The van der Waals surface area contributed by atoms with Crippen molar-refractivity contribution in [3.05, 3.63) is 24.3 Å². The summed E-state index contributed by atoms with van der Waals surface area (Å²) in [5.74, 6) is -0.871. The van der Waals surface area contributed by atoms with Gasteiger partial charge in [0.05, 0.1) is 0 Å². The first-order valence-electron chi connectivity index (χ1n) is 27.8. The number of esters is 3. The van der Waals surface area contributed by atoms with Crippen LogP contribution in [0.15, 0.2) is 24.3 Å². The van der Waals surface area contributed by atoms with Crippen LogP contribution in [0, 0.1) is 0 Å². The summed E-state index contributed by atoms with van der Waals surface area (Å²) in [6.45, 7) is 6.65. The van der Waals surface area contributed by atoms with Crippen molar-refractivity contribution >= 4 is 17.9 Å². The second-order valence-electron chi connectivity index (χ2n) is 18.8. The fourth-order valence-corrected chi connectivity index (χ4v) is 8.20. The molecule has 0 aromatic rings. The van der Waals surface area contributed by atoms with Gasteiger partial charge in [-0.25, -0.2) is 0 Å². The second kappa shape index (κ2) is 52.5. The van der Waals surface area contributed by atoms with E-state index < -0.39 is 6.10 Å². The first kappa shape index (κ1) is 60.9. The highest BCUT2D eigenvalue weighted by Gasteiger charge is 2.19. The quantitative estimate of drug-likeness (QED) is 0.0262. The summed E-state index contributed by atoms with van der Waals surface area (Å²) in [5, 5.41) is 0. The van der Waals surface area contributed by atoms with E-state index in [9.17, 15) is 14.4 Å². The summed E-state index contributed by atoms with van der Waals surface area (Å²) in [4.78, 5) is 38.0. The van der Waals surface area contributed by atoms with Gasteiger partial charge in [-0.05, 0) is 70.6 Å². The molecule has 0 aliphatic heterocycles. The van der Waals surface area contributed by atoms with Crippen LogP contribution in [-0.2, 0) is 28.6 Å². The standard InChI is InChI=1S/C57H106O6/c1-4-7-10-13-16-19-22-24-26-28-29-30-32-33-35-38-41-44-47-50-56(59)62-53-54(52-61-55(58)49-46-43-40-37-21-18-15-12-9-6-3)63-57(60)51-48-45-42-39-36-34-31-27-25-23-20-17-14-11-8-5-2/h27-29,31,54H,4-26,30,32-53H2,1-3H3/b29-28-,31-27-. The molecular formula is C57H106O6. The number of unbranched alkanes of at least 4 members (excludes halogenated alkanes) is 36. The molecule has 0 amide bonds. The number of hydrogen-bond donors (Lipinski definition) is 0. The molecule has 0 aromatic carbocycles. The fraction of sp³-hybridized carbons (Fsp3) is 0.877. The van der Waals surface area contributed by atoms with E-state index in [0.717, 1.165) is 64.2 Å². The van der Waals surface area contributed by atoms with Crippen molar-refractivity contribution in [3.63, 3.8) is 0 Å². The molecule has 0 aliphatic carbocycles. The van der Waals surface area contributed by atoms with Crippen LogP contribution in [0.25, 0.3) is 0 Å². The third-order valence-electron chi connectivity index (χ3n) is 12.4. The van der Waals surface area contributed by atoms with Gasteiger partial charge in [0.15, 0.2) is 6.10 Å². The predicted molar refractivity (Wildman–Crippen MR) is 270 cm³/mol. The number of hydrogen-bond acceptors (Lipinski definition) is 6. The van der Waals surface area contributed by atoms with Gasteiger partial charge in [-0.3, -0.25) is 14.4 Å². The van der Waals surface area contributed by atoms with E-state index in [-0.39, 0.29) is 31.1 Å². The van der Waals surface area contributed by atoms with Crippen molar-refractivity contribution in [2.75, 3.05) is 13.2 Å². The van der Waals surface area contributed by atoms with Crippen molar-refractivity contribution in [2.24, 2.45) is 0 Å². The molecule has 0 aliphatic rings. The molecular weight excluding hydrogens is 781 g/mol. The van der Waals surface area contributed by atoms with E-state index in [1.807, 2.05) is 0 Å². The van der Waals surface area contributed by atoms with E-state index in [1.165, 1.54) is 199 Å². The Kier molecular flexibility index (Phi) is 50.8. The summed E-state index contributed by atoms with van der Waals surface area (Å²) >= 11 is 0. The third-order valence-corrected chi connectivity index (χ3v) is 12.4. The Balaban J connectivity index is 4.29. The Morgan fingerprint density at radius 1 is 0.302 bits per heavy atom. The molecule has 6 heteroatoms. The van der Waals surface area contributed by atoms with Crippen molar-refractivity contribution in [1.82, 2.24) is 0 Å². The molecule has 6 nitrogen and oxygen atoms in total. The number of carbonyl (C=O) groups is 3. The van der Waals surface area contributed by atoms with Crippen molar-refractivity contribution < 1.29 is 28.6 Å². The molecule has 0 spiro atoms. The molecule has 0 fully saturated rings. The zero-order valence-corrected chi connectivity index (χ0v) is 42.4. The molecule has 1 atom stereocenters. The number of ether oxygens (including phenoxy) is 3. The zero-order chi connectivity index (χ0) is 45.8. The highest BCUT2D eigenvalue weighted by atomic mass is 16.6. The maximum absolute atomic E-state index is 12.8. The van der Waals surface area contributed by atoms with Gasteiger partial charge in [0, 0.05) is 19.3 Å². The number of allylic oxidation sites excluding steroid dienone is 4. The Hall–Kier alpha value is -2.11. The number of carbonyl (C=O) groups excluding carboxylic acids is 3. The molecule has 370 valence electrons. The van der Waals surface area contributed by atoms with Crippen LogP contribution in [0.4, 0.5) is 0 Å². The molecule has 0 N–H and O–H groups in total. The Bertz CT molecular complexity index is 1020. The van der Waals surface area contributed by atoms with Gasteiger partial charge in [0.1, 0.15) is 13.2 Å². The zero-order valence-electron chi connectivity index (χ0n) is 42.4. The fourth-order valence-electron chi connectivity index (χ4n) is 8.20. The molecule has 0 rings (SSSR count). The van der Waals surface area contributed by atoms with Gasteiger partial charge < -0.3 is 14.2 Å². The lowest BCUT2D eigenvalue weighted by atomic mass is 10.1. The van der Waals surface area contributed by atoms with E-state index in [0.29, 0.717) is 19.3 Å². The molecule has 0 saturated heterocycles. The predicted octanol–water partition coefficient (Wildman–Crippen LogP) is 18.3. The largest absolute Gasteiger partial charge is 0.462 e. The molecule has 63 heavy (non-hydrogen) atoms. The van der Waals surface area contributed by atoms with E-state index >= 15 is 0 Å². The maximum Gasteiger partial charge on any atom is 0.306 e. The summed E-state index contributed by atoms with van der Waals surface area (Å²) < 4.78 is 16.8. The topological polar surface area (TPSA) is 78.9 Å². The smallest absolute Gasteiger partial charge is 0.306 e. The van der Waals surface area contributed by atoms with E-state index in [1.54, 1.807) is 0 Å². The lowest BCUT2D eigenvalue weighted by Crippen LogP contribution is -2.30. The average Bonchev–Trinajstić information content (AvgIpc) is 3.28. The second-order valence-corrected chi connectivity index (χ2v) is 18.8. The average molecular weight is 887 g/mol. The van der Waals surface area contributed by atoms with Crippen LogP contribution in [0.2, 0.25) is 0 Å². The van der Waals surface area contributed by atoms with Crippen molar-refractivity contribution in [2.45, 2.75) is 309 Å². The highest BCUT2D eigenvalue weighted by molar-refractivity contribution is 5.71. The summed E-state index contributed by atoms with van der Waals surface area (Å²) in [5.41, 5.74) is 0. The van der Waals surface area contributed by atoms with Gasteiger partial charge in [-0.1, -0.05) is 238 Å². The van der Waals surface area contributed by atoms with Gasteiger partial charge in [-0.2, -0.15) is 0 Å². The van der Waals surface area contributed by atoms with Crippen LogP contribution in [0.3, 0.4) is 0 Å². The first-order chi connectivity index (χ1) is 31.0. The lowest BCUT2D eigenvalue weighted by molar-refractivity contribution is -0.167. The van der Waals surface area contributed by atoms with E-state index in [4.69, 9.17) is 14.2 Å². The molecule has 0 aromatic heterocycles. The van der Waals surface area contributed by atoms with Gasteiger partial charge in [0.2, 0.25) is 0 Å². The molecule has 0 radical (unpaired) electrons. The summed E-state index contributed by atoms with van der Waals surface area (Å²) in [7, 11) is 0. The SMILES string of the molecule is CCCCCCCCC/C=C\CCCCCCCC(=O)OC(COC(=O)CCCCCCCCC/C=C\CCCCCCCCCC)COC(=O)CCCCCCCCCCCC. The first-order valence-corrected chi connectivity index (χ1v) is 27.8. The Morgan fingerprint density at radius 3 is 0.794 bits per heavy atom. The Labute approximate surface area is 392 Å². The van der Waals surface area contributed by atoms with Gasteiger partial charge in [-0.15, -0.1) is 0 Å². The van der Waals surface area contributed by atoms with Crippen molar-refractivity contribution in [1.29, 1.82) is 0 Å². The monoisotopic (exact) mass is 887 g/mol. The maximum atomic E-state index is 12.8. The Morgan fingerprint density at radius 2 is 0.524 bits per heavy atom. The van der Waals surface area contributed by atoms with Crippen LogP contribution in [0.5, 0.6) is 0 Å². The highest BCUT2D eigenvalue weighted by Crippen LogP contribution is 2.16. The van der Waals surface area contributed by atoms with Crippen LogP contribution >= 0.6 is 0 Å². The molecule has 0 bridgehead atoms. The lowest BCUT2D eigenvalue weighted by Gasteiger charge is -2.18. The molecule has 1 unspecified atom stereocenters. The minimum atomic E-state index is -0.772. The summed E-state index contributed by atoms with van der Waals surface area (Å²) in [6.07, 6.45) is 60.2. The summed E-state index contributed by atoms with van der Waals surface area (Å²) in [6, 6.07) is 0. The number of rotatable bonds is 51. The van der Waals surface area contributed by atoms with Gasteiger partial charge >= 0.3 is 17.9 Å². The van der Waals surface area contributed by atoms with Crippen LogP contribution in [0.1, 0.15) is 303 Å². The van der Waals surface area contributed by atoms with E-state index in [2.05, 4.69) is 45.1 Å². The third kappa shape index (κ3) is 50.7. The minimum Gasteiger partial charge on any atom is -0.462 e. The van der Waals surface area contributed by atoms with Crippen molar-refractivity contribution in [3.8, 4) is 0 Å². The van der Waals surface area contributed by atoms with Crippen LogP contribution < -0.4 is 0 Å². The van der Waals surface area contributed by atoms with Crippen LogP contribution in [-0.4, -0.2) is 37.2 Å². The molecule has 0 heterocycles.